The zero-order valence-corrected chi connectivity index (χ0v) is 12.0. The number of carbonyl (C=O) groups is 1. The molecule has 2 fully saturated rings. The predicted octanol–water partition coefficient (Wildman–Crippen LogP) is 2.35. The normalized spacial score (nSPS) is 22.7. The van der Waals surface area contributed by atoms with Crippen LogP contribution in [0, 0.1) is 0 Å². The van der Waals surface area contributed by atoms with Gasteiger partial charge in [-0.05, 0) is 44.4 Å². The van der Waals surface area contributed by atoms with E-state index in [0.29, 0.717) is 24.9 Å². The molecule has 0 spiro atoms. The van der Waals surface area contributed by atoms with Gasteiger partial charge in [0.25, 0.3) is 0 Å². The Labute approximate surface area is 120 Å². The maximum atomic E-state index is 12.5. The first-order valence-electron chi connectivity index (χ1n) is 7.88. The van der Waals surface area contributed by atoms with Crippen LogP contribution in [0.2, 0.25) is 0 Å². The first-order chi connectivity index (χ1) is 9.83. The lowest BCUT2D eigenvalue weighted by Crippen LogP contribution is -2.46. The van der Waals surface area contributed by atoms with Gasteiger partial charge >= 0.3 is 0 Å². The summed E-state index contributed by atoms with van der Waals surface area (Å²) in [6.07, 6.45) is 9.07. The van der Waals surface area contributed by atoms with E-state index in [1.807, 2.05) is 12.1 Å². The highest BCUT2D eigenvalue weighted by Crippen LogP contribution is 2.28. The molecule has 4 nitrogen and oxygen atoms in total. The Morgan fingerprint density at radius 1 is 1.35 bits per heavy atom. The van der Waals surface area contributed by atoms with Gasteiger partial charge in [0.15, 0.2) is 0 Å². The van der Waals surface area contributed by atoms with Crippen LogP contribution in [-0.2, 0) is 11.2 Å². The molecule has 1 unspecified atom stereocenters. The standard InChI is InChI=1S/C16H24N2O2/c19-16(9-8-15-5-3-11-20-15)18(14-6-7-14)12-13-4-1-2-10-17-13/h3,5,11,13-14,17H,1-2,4,6-10,12H2. The molecule has 1 saturated heterocycles. The topological polar surface area (TPSA) is 45.5 Å². The predicted molar refractivity (Wildman–Crippen MR) is 77.4 cm³/mol. The summed E-state index contributed by atoms with van der Waals surface area (Å²) < 4.78 is 5.31. The average Bonchev–Trinajstić information content (AvgIpc) is 3.19. The van der Waals surface area contributed by atoms with Crippen molar-refractivity contribution in [2.24, 2.45) is 0 Å². The quantitative estimate of drug-likeness (QED) is 0.867. The number of nitrogens with zero attached hydrogens (tertiary/aromatic N) is 1. The number of aryl methyl sites for hydroxylation is 1. The Kier molecular flexibility index (Phi) is 4.41. The van der Waals surface area contributed by atoms with Crippen molar-refractivity contribution in [1.82, 2.24) is 10.2 Å². The van der Waals surface area contributed by atoms with Gasteiger partial charge in [-0.15, -0.1) is 0 Å². The molecular weight excluding hydrogens is 252 g/mol. The van der Waals surface area contributed by atoms with E-state index < -0.39 is 0 Å². The summed E-state index contributed by atoms with van der Waals surface area (Å²) in [7, 11) is 0. The van der Waals surface area contributed by atoms with Crippen LogP contribution in [0.4, 0.5) is 0 Å². The minimum atomic E-state index is 0.288. The maximum absolute atomic E-state index is 12.5. The molecule has 1 atom stereocenters. The molecule has 20 heavy (non-hydrogen) atoms. The third-order valence-corrected chi connectivity index (χ3v) is 4.30. The Morgan fingerprint density at radius 3 is 2.90 bits per heavy atom. The number of amides is 1. The van der Waals surface area contributed by atoms with Crippen molar-refractivity contribution in [3.63, 3.8) is 0 Å². The number of nitrogens with one attached hydrogen (secondary N) is 1. The number of hydrogen-bond acceptors (Lipinski definition) is 3. The molecule has 2 aliphatic rings. The van der Waals surface area contributed by atoms with Gasteiger partial charge in [0, 0.05) is 31.5 Å². The van der Waals surface area contributed by atoms with Crippen molar-refractivity contribution in [3.8, 4) is 0 Å². The fourth-order valence-electron chi connectivity index (χ4n) is 2.99. The number of carbonyl (C=O) groups excluding carboxylic acids is 1. The van der Waals surface area contributed by atoms with Crippen LogP contribution in [0.3, 0.4) is 0 Å². The first-order valence-corrected chi connectivity index (χ1v) is 7.88. The average molecular weight is 276 g/mol. The van der Waals surface area contributed by atoms with E-state index in [0.717, 1.165) is 18.8 Å². The fraction of sp³-hybridized carbons (Fsp3) is 0.688. The molecule has 4 heteroatoms. The van der Waals surface area contributed by atoms with Gasteiger partial charge < -0.3 is 14.6 Å². The first kappa shape index (κ1) is 13.7. The lowest BCUT2D eigenvalue weighted by Gasteiger charge is -2.30. The van der Waals surface area contributed by atoms with Crippen LogP contribution in [0.5, 0.6) is 0 Å². The monoisotopic (exact) mass is 276 g/mol. The molecule has 0 radical (unpaired) electrons. The van der Waals surface area contributed by atoms with Gasteiger partial charge in [-0.3, -0.25) is 4.79 Å². The molecule has 0 bridgehead atoms. The highest BCUT2D eigenvalue weighted by Gasteiger charge is 2.33. The zero-order chi connectivity index (χ0) is 13.8. The van der Waals surface area contributed by atoms with Gasteiger partial charge in [0.2, 0.25) is 5.91 Å². The van der Waals surface area contributed by atoms with Gasteiger partial charge in [-0.1, -0.05) is 6.42 Å². The van der Waals surface area contributed by atoms with Crippen LogP contribution >= 0.6 is 0 Å². The molecule has 3 rings (SSSR count). The van der Waals surface area contributed by atoms with Crippen molar-refractivity contribution in [3.05, 3.63) is 24.2 Å². The number of rotatable bonds is 6. The largest absolute Gasteiger partial charge is 0.469 e. The molecule has 0 aromatic carbocycles. The van der Waals surface area contributed by atoms with Crippen molar-refractivity contribution < 1.29 is 9.21 Å². The van der Waals surface area contributed by atoms with Crippen molar-refractivity contribution in [2.45, 2.75) is 57.0 Å². The Balaban J connectivity index is 1.51. The lowest BCUT2D eigenvalue weighted by molar-refractivity contribution is -0.132. The minimum Gasteiger partial charge on any atom is -0.469 e. The molecule has 2 heterocycles. The van der Waals surface area contributed by atoms with Gasteiger partial charge in [0.1, 0.15) is 5.76 Å². The fourth-order valence-corrected chi connectivity index (χ4v) is 2.99. The summed E-state index contributed by atoms with van der Waals surface area (Å²) in [5, 5.41) is 3.54. The molecule has 1 aliphatic heterocycles. The summed E-state index contributed by atoms with van der Waals surface area (Å²) in [6, 6.07) is 4.82. The van der Waals surface area contributed by atoms with Crippen LogP contribution in [0.1, 0.15) is 44.3 Å². The maximum Gasteiger partial charge on any atom is 0.223 e. The molecule has 1 aliphatic carbocycles. The lowest BCUT2D eigenvalue weighted by atomic mass is 10.0. The molecule has 110 valence electrons. The van der Waals surface area contributed by atoms with Crippen LogP contribution < -0.4 is 5.32 Å². The summed E-state index contributed by atoms with van der Waals surface area (Å²) in [6.45, 7) is 1.99. The second kappa shape index (κ2) is 6.44. The van der Waals surface area contributed by atoms with E-state index in [4.69, 9.17) is 4.42 Å². The Morgan fingerprint density at radius 2 is 2.25 bits per heavy atom. The van der Waals surface area contributed by atoms with E-state index in [2.05, 4.69) is 10.2 Å². The van der Waals surface area contributed by atoms with Gasteiger partial charge in [-0.2, -0.15) is 0 Å². The van der Waals surface area contributed by atoms with Gasteiger partial charge in [-0.25, -0.2) is 0 Å². The molecule has 1 saturated carbocycles. The van der Waals surface area contributed by atoms with Crippen LogP contribution in [0.15, 0.2) is 22.8 Å². The molecule has 1 amide bonds. The smallest absolute Gasteiger partial charge is 0.223 e. The number of hydrogen-bond donors (Lipinski definition) is 1. The highest BCUT2D eigenvalue weighted by molar-refractivity contribution is 5.77. The van der Waals surface area contributed by atoms with E-state index in [-0.39, 0.29) is 5.91 Å². The third kappa shape index (κ3) is 3.63. The Hall–Kier alpha value is -1.29. The highest BCUT2D eigenvalue weighted by atomic mass is 16.3. The zero-order valence-electron chi connectivity index (χ0n) is 12.0. The SMILES string of the molecule is O=C(CCc1ccco1)N(CC1CCCCN1)C1CC1. The van der Waals surface area contributed by atoms with Crippen LogP contribution in [-0.4, -0.2) is 36.0 Å². The molecule has 1 N–H and O–H groups in total. The van der Waals surface area contributed by atoms with E-state index in [1.165, 1.54) is 32.1 Å². The summed E-state index contributed by atoms with van der Waals surface area (Å²) in [4.78, 5) is 14.6. The third-order valence-electron chi connectivity index (χ3n) is 4.30. The summed E-state index contributed by atoms with van der Waals surface area (Å²) in [5.41, 5.74) is 0. The second-order valence-electron chi connectivity index (χ2n) is 6.00. The Bertz CT molecular complexity index is 420. The van der Waals surface area contributed by atoms with Crippen LogP contribution in [0.25, 0.3) is 0 Å². The van der Waals surface area contributed by atoms with E-state index in [1.54, 1.807) is 6.26 Å². The molecule has 1 aromatic rings. The summed E-state index contributed by atoms with van der Waals surface area (Å²) in [5.74, 6) is 1.20. The van der Waals surface area contributed by atoms with E-state index >= 15 is 0 Å². The second-order valence-corrected chi connectivity index (χ2v) is 6.00. The molecular formula is C16H24N2O2. The number of furan rings is 1. The van der Waals surface area contributed by atoms with Gasteiger partial charge in [0.05, 0.1) is 6.26 Å². The minimum absolute atomic E-state index is 0.288. The van der Waals surface area contributed by atoms with Crippen molar-refractivity contribution in [1.29, 1.82) is 0 Å². The van der Waals surface area contributed by atoms with Crippen molar-refractivity contribution >= 4 is 5.91 Å². The van der Waals surface area contributed by atoms with E-state index in [9.17, 15) is 4.79 Å². The number of piperidine rings is 1. The summed E-state index contributed by atoms with van der Waals surface area (Å²) >= 11 is 0. The molecule has 1 aromatic heterocycles. The van der Waals surface area contributed by atoms with Crippen molar-refractivity contribution in [2.75, 3.05) is 13.1 Å².